The van der Waals surface area contributed by atoms with Crippen molar-refractivity contribution in [3.05, 3.63) is 83.2 Å². The molecule has 0 aliphatic heterocycles. The van der Waals surface area contributed by atoms with Crippen molar-refractivity contribution in [3.63, 3.8) is 0 Å². The molecule has 2 amide bonds. The zero-order chi connectivity index (χ0) is 24.5. The average Bonchev–Trinajstić information content (AvgIpc) is 2.86. The zero-order valence-electron chi connectivity index (χ0n) is 18.6. The van der Waals surface area contributed by atoms with E-state index in [1.165, 1.54) is 19.2 Å². The summed E-state index contributed by atoms with van der Waals surface area (Å²) in [6, 6.07) is 17.7. The number of carbonyl (C=O) groups is 2. The van der Waals surface area contributed by atoms with Gasteiger partial charge in [0.1, 0.15) is 17.7 Å². The first-order chi connectivity index (χ1) is 16.5. The van der Waals surface area contributed by atoms with Gasteiger partial charge in [0.05, 0.1) is 22.9 Å². The molecule has 5 N–H and O–H groups in total. The number of nitrogens with two attached hydrogens (primary N) is 1. The molecule has 1 heterocycles. The van der Waals surface area contributed by atoms with Gasteiger partial charge in [-0.05, 0) is 42.3 Å². The normalized spacial score (nSPS) is 11.2. The minimum Gasteiger partial charge on any atom is -0.369 e. The summed E-state index contributed by atoms with van der Waals surface area (Å²) in [4.78, 5) is 29.5. The molecule has 0 bridgehead atoms. The molecule has 0 unspecified atom stereocenters. The summed E-state index contributed by atoms with van der Waals surface area (Å²) in [6.45, 7) is 0.296. The Morgan fingerprint density at radius 1 is 1.15 bits per heavy atom. The van der Waals surface area contributed by atoms with Gasteiger partial charge in [-0.3, -0.25) is 9.59 Å². The van der Waals surface area contributed by atoms with E-state index >= 15 is 0 Å². The maximum atomic E-state index is 13.5. The second kappa shape index (κ2) is 11.5. The molecule has 0 fully saturated rings. The van der Waals surface area contributed by atoms with E-state index in [2.05, 4.69) is 27.0 Å². The smallest absolute Gasteiger partial charge is 0.255 e. The van der Waals surface area contributed by atoms with E-state index in [-0.39, 0.29) is 23.7 Å². The van der Waals surface area contributed by atoms with Crippen LogP contribution in [0.2, 0.25) is 0 Å². The van der Waals surface area contributed by atoms with E-state index in [9.17, 15) is 19.2 Å². The largest absolute Gasteiger partial charge is 0.369 e. The topological polar surface area (TPSA) is 133 Å². The number of likely N-dealkylation sites (N-methyl/N-ethyl adjacent to an activating group) is 1. The van der Waals surface area contributed by atoms with Crippen LogP contribution in [0.25, 0.3) is 11.3 Å². The lowest BCUT2D eigenvalue weighted by atomic mass is 10.0. The first-order valence-corrected chi connectivity index (χ1v) is 10.7. The quantitative estimate of drug-likeness (QED) is 0.387. The number of amides is 2. The molecule has 174 valence electrons. The molecular formula is C25H25FN6O2. The van der Waals surface area contributed by atoms with Crippen LogP contribution in [0.3, 0.4) is 0 Å². The van der Waals surface area contributed by atoms with Crippen LogP contribution in [-0.4, -0.2) is 43.0 Å². The number of pyridine rings is 1. The highest BCUT2D eigenvalue weighted by atomic mass is 19.1. The lowest BCUT2D eigenvalue weighted by Crippen LogP contribution is -2.50. The summed E-state index contributed by atoms with van der Waals surface area (Å²) in [5, 5.41) is 17.7. The van der Waals surface area contributed by atoms with Gasteiger partial charge in [0.15, 0.2) is 0 Å². The molecular weight excluding hydrogens is 435 g/mol. The fourth-order valence-corrected chi connectivity index (χ4v) is 3.39. The standard InChI is InChI=1S/C25H25FN6O2/c1-29-25(34)22(15-28)32-24(33)20-9-10-21(19-8-3-2-6-17(19)14-27)31-23(20)30-12-11-16-5-4-7-18(26)13-16/h2-10,13,22H,11-12,15,28H2,1H3,(H,29,34)(H,30,31)(H,32,33)/t22-/m1/s1. The minimum atomic E-state index is -0.906. The summed E-state index contributed by atoms with van der Waals surface area (Å²) < 4.78 is 13.5. The number of nitrogens with one attached hydrogen (secondary N) is 3. The molecule has 9 heteroatoms. The zero-order valence-corrected chi connectivity index (χ0v) is 18.6. The molecule has 0 saturated carbocycles. The number of nitrogens with zero attached hydrogens (tertiary/aromatic N) is 2. The van der Waals surface area contributed by atoms with Crippen LogP contribution >= 0.6 is 0 Å². The molecule has 3 aromatic rings. The first-order valence-electron chi connectivity index (χ1n) is 10.7. The van der Waals surface area contributed by atoms with Gasteiger partial charge in [-0.1, -0.05) is 30.3 Å². The molecule has 0 spiro atoms. The van der Waals surface area contributed by atoms with Gasteiger partial charge >= 0.3 is 0 Å². The molecule has 3 rings (SSSR count). The fourth-order valence-electron chi connectivity index (χ4n) is 3.39. The third kappa shape index (κ3) is 5.94. The van der Waals surface area contributed by atoms with E-state index < -0.39 is 17.9 Å². The predicted octanol–water partition coefficient (Wildman–Crippen LogP) is 2.22. The van der Waals surface area contributed by atoms with Crippen molar-refractivity contribution in [3.8, 4) is 17.3 Å². The van der Waals surface area contributed by atoms with Gasteiger partial charge in [-0.2, -0.15) is 5.26 Å². The summed E-state index contributed by atoms with van der Waals surface area (Å²) in [7, 11) is 1.46. The molecule has 0 saturated heterocycles. The Bertz CT molecular complexity index is 1220. The summed E-state index contributed by atoms with van der Waals surface area (Å²) in [5.74, 6) is -0.997. The second-order valence-electron chi connectivity index (χ2n) is 7.43. The van der Waals surface area contributed by atoms with E-state index in [0.717, 1.165) is 5.56 Å². The summed E-state index contributed by atoms with van der Waals surface area (Å²) >= 11 is 0. The average molecular weight is 461 g/mol. The number of benzene rings is 2. The summed E-state index contributed by atoms with van der Waals surface area (Å²) in [5.41, 5.74) is 8.20. The van der Waals surface area contributed by atoms with Gasteiger partial charge in [0, 0.05) is 25.7 Å². The molecule has 1 atom stereocenters. The monoisotopic (exact) mass is 460 g/mol. The highest BCUT2D eigenvalue weighted by Gasteiger charge is 2.22. The predicted molar refractivity (Wildman–Crippen MR) is 127 cm³/mol. The van der Waals surface area contributed by atoms with Crippen molar-refractivity contribution in [1.29, 1.82) is 5.26 Å². The Morgan fingerprint density at radius 3 is 2.65 bits per heavy atom. The highest BCUT2D eigenvalue weighted by molar-refractivity contribution is 6.01. The van der Waals surface area contributed by atoms with Gasteiger partial charge in [0.2, 0.25) is 5.91 Å². The molecule has 2 aromatic carbocycles. The van der Waals surface area contributed by atoms with Crippen molar-refractivity contribution in [2.75, 3.05) is 25.5 Å². The molecule has 8 nitrogen and oxygen atoms in total. The Hall–Kier alpha value is -4.29. The first kappa shape index (κ1) is 24.4. The van der Waals surface area contributed by atoms with Crippen LogP contribution in [0.5, 0.6) is 0 Å². The number of hydrogen-bond acceptors (Lipinski definition) is 6. The molecule has 0 aliphatic rings. The minimum absolute atomic E-state index is 0.0746. The number of rotatable bonds is 9. The SMILES string of the molecule is CNC(=O)[C@@H](CN)NC(=O)c1ccc(-c2ccccc2C#N)nc1NCCc1cccc(F)c1. The number of halogens is 1. The number of aromatic nitrogens is 1. The number of nitriles is 1. The van der Waals surface area contributed by atoms with Crippen LogP contribution in [0.15, 0.2) is 60.7 Å². The third-order valence-electron chi connectivity index (χ3n) is 5.16. The van der Waals surface area contributed by atoms with Crippen molar-refractivity contribution < 1.29 is 14.0 Å². The second-order valence-corrected chi connectivity index (χ2v) is 7.43. The Labute approximate surface area is 197 Å². The van der Waals surface area contributed by atoms with Crippen LogP contribution in [-0.2, 0) is 11.2 Å². The van der Waals surface area contributed by atoms with Gasteiger partial charge < -0.3 is 21.7 Å². The van der Waals surface area contributed by atoms with Crippen molar-refractivity contribution in [2.24, 2.45) is 5.73 Å². The Balaban J connectivity index is 1.91. The lowest BCUT2D eigenvalue weighted by Gasteiger charge is -2.17. The lowest BCUT2D eigenvalue weighted by molar-refractivity contribution is -0.122. The van der Waals surface area contributed by atoms with Gasteiger partial charge in [-0.25, -0.2) is 9.37 Å². The number of anilines is 1. The molecule has 1 aromatic heterocycles. The Morgan fingerprint density at radius 2 is 1.94 bits per heavy atom. The van der Waals surface area contributed by atoms with Gasteiger partial charge in [0.25, 0.3) is 5.91 Å². The third-order valence-corrected chi connectivity index (χ3v) is 5.16. The van der Waals surface area contributed by atoms with Crippen molar-refractivity contribution in [1.82, 2.24) is 15.6 Å². The van der Waals surface area contributed by atoms with Gasteiger partial charge in [-0.15, -0.1) is 0 Å². The van der Waals surface area contributed by atoms with Crippen LogP contribution in [0, 0.1) is 17.1 Å². The van der Waals surface area contributed by atoms with E-state index in [1.807, 2.05) is 0 Å². The molecule has 0 radical (unpaired) electrons. The Kier molecular flexibility index (Phi) is 8.26. The van der Waals surface area contributed by atoms with Crippen LogP contribution in [0.1, 0.15) is 21.5 Å². The van der Waals surface area contributed by atoms with E-state index in [1.54, 1.807) is 48.5 Å². The maximum absolute atomic E-state index is 13.5. The molecule has 34 heavy (non-hydrogen) atoms. The van der Waals surface area contributed by atoms with E-state index in [4.69, 9.17) is 5.73 Å². The van der Waals surface area contributed by atoms with Crippen molar-refractivity contribution in [2.45, 2.75) is 12.5 Å². The highest BCUT2D eigenvalue weighted by Crippen LogP contribution is 2.25. The number of hydrogen-bond donors (Lipinski definition) is 4. The van der Waals surface area contributed by atoms with Crippen molar-refractivity contribution >= 4 is 17.6 Å². The molecule has 0 aliphatic carbocycles. The summed E-state index contributed by atoms with van der Waals surface area (Å²) in [6.07, 6.45) is 0.489. The maximum Gasteiger partial charge on any atom is 0.255 e. The van der Waals surface area contributed by atoms with Crippen LogP contribution in [0.4, 0.5) is 10.2 Å². The van der Waals surface area contributed by atoms with Crippen LogP contribution < -0.4 is 21.7 Å². The number of carbonyl (C=O) groups excluding carboxylic acids is 2. The fraction of sp³-hybridized carbons (Fsp3) is 0.200. The van der Waals surface area contributed by atoms with E-state index in [0.29, 0.717) is 29.8 Å².